The number of hydrogen-bond acceptors (Lipinski definition) is 0. The molecule has 0 nitrogen and oxygen atoms in total. The summed E-state index contributed by atoms with van der Waals surface area (Å²) in [5.74, 6) is 1.12. The van der Waals surface area contributed by atoms with Gasteiger partial charge >= 0.3 is 0 Å². The Bertz CT molecular complexity index is 118. The third-order valence-electron chi connectivity index (χ3n) is 3.59. The van der Waals surface area contributed by atoms with Gasteiger partial charge in [0.05, 0.1) is 0 Å². The average molecular weight is 137 g/mol. The normalized spacial score (nSPS) is 44.7. The van der Waals surface area contributed by atoms with Gasteiger partial charge in [-0.3, -0.25) is 0 Å². The molecule has 0 aliphatic heterocycles. The van der Waals surface area contributed by atoms with Crippen LogP contribution in [0.4, 0.5) is 0 Å². The monoisotopic (exact) mass is 137 g/mol. The minimum absolute atomic E-state index is 0.798. The first kappa shape index (κ1) is 6.69. The Balaban J connectivity index is 2.01. The molecule has 0 N–H and O–H groups in total. The fraction of sp³-hybridized carbons (Fsp3) is 0.900. The van der Waals surface area contributed by atoms with Gasteiger partial charge in [0.25, 0.3) is 0 Å². The largest absolute Gasteiger partial charge is 0.0533 e. The highest BCUT2D eigenvalue weighted by Gasteiger charge is 2.43. The van der Waals surface area contributed by atoms with Gasteiger partial charge in [-0.15, -0.1) is 0 Å². The number of hydrogen-bond donors (Lipinski definition) is 0. The highest BCUT2D eigenvalue weighted by atomic mass is 14.5. The molecule has 10 heavy (non-hydrogen) atoms. The van der Waals surface area contributed by atoms with Crippen molar-refractivity contribution >= 4 is 0 Å². The van der Waals surface area contributed by atoms with Crippen molar-refractivity contribution in [2.24, 2.45) is 11.3 Å². The molecular weight excluding hydrogens is 120 g/mol. The first-order valence-corrected chi connectivity index (χ1v) is 4.64. The second-order valence-corrected chi connectivity index (χ2v) is 4.25. The maximum absolute atomic E-state index is 3.96. The smallest absolute Gasteiger partial charge is 0.0295 e. The van der Waals surface area contributed by atoms with E-state index in [9.17, 15) is 0 Å². The van der Waals surface area contributed by atoms with Gasteiger partial charge in [-0.2, -0.15) is 0 Å². The molecular formula is C10H17. The van der Waals surface area contributed by atoms with E-state index in [1.807, 2.05) is 0 Å². The van der Waals surface area contributed by atoms with Crippen LogP contribution in [0.25, 0.3) is 0 Å². The molecule has 1 radical (unpaired) electrons. The molecule has 0 heterocycles. The van der Waals surface area contributed by atoms with Crippen LogP contribution in [0.15, 0.2) is 0 Å². The summed E-state index contributed by atoms with van der Waals surface area (Å²) in [6.45, 7) is 3.96. The summed E-state index contributed by atoms with van der Waals surface area (Å²) in [4.78, 5) is 0. The van der Waals surface area contributed by atoms with E-state index >= 15 is 0 Å². The first-order valence-electron chi connectivity index (χ1n) is 4.64. The summed E-state index contributed by atoms with van der Waals surface area (Å²) in [5.41, 5.74) is 0.798. The Labute approximate surface area is 64.0 Å². The van der Waals surface area contributed by atoms with Gasteiger partial charge in [-0.05, 0) is 49.9 Å². The van der Waals surface area contributed by atoms with Crippen LogP contribution in [0, 0.1) is 18.3 Å². The molecule has 0 heteroatoms. The van der Waals surface area contributed by atoms with Gasteiger partial charge in [-0.1, -0.05) is 13.3 Å². The Hall–Kier alpha value is 0. The molecule has 2 saturated carbocycles. The predicted octanol–water partition coefficient (Wildman–Crippen LogP) is 3.18. The van der Waals surface area contributed by atoms with Crippen LogP contribution in [0.5, 0.6) is 0 Å². The van der Waals surface area contributed by atoms with Crippen LogP contribution in [0.2, 0.25) is 0 Å². The minimum atomic E-state index is 0.798. The van der Waals surface area contributed by atoms with Crippen molar-refractivity contribution in [2.45, 2.75) is 44.9 Å². The quantitative estimate of drug-likeness (QED) is 0.548. The molecule has 2 fully saturated rings. The SMILES string of the molecule is [CH2]CCC12CCC(CC1)C2. The van der Waals surface area contributed by atoms with E-state index in [2.05, 4.69) is 6.92 Å². The summed E-state index contributed by atoms with van der Waals surface area (Å²) < 4.78 is 0. The molecule has 0 unspecified atom stereocenters. The summed E-state index contributed by atoms with van der Waals surface area (Å²) in [5, 5.41) is 0. The van der Waals surface area contributed by atoms with Crippen molar-refractivity contribution in [3.8, 4) is 0 Å². The Morgan fingerprint density at radius 2 is 2.00 bits per heavy atom. The molecule has 0 spiro atoms. The fourth-order valence-electron chi connectivity index (χ4n) is 3.04. The van der Waals surface area contributed by atoms with Gasteiger partial charge < -0.3 is 0 Å². The van der Waals surface area contributed by atoms with Crippen molar-refractivity contribution < 1.29 is 0 Å². The lowest BCUT2D eigenvalue weighted by Crippen LogP contribution is -2.12. The molecule has 0 aromatic heterocycles. The van der Waals surface area contributed by atoms with E-state index in [1.54, 1.807) is 6.42 Å². The molecule has 2 rings (SSSR count). The van der Waals surface area contributed by atoms with E-state index in [0.29, 0.717) is 0 Å². The summed E-state index contributed by atoms with van der Waals surface area (Å²) >= 11 is 0. The third kappa shape index (κ3) is 0.889. The maximum Gasteiger partial charge on any atom is -0.0295 e. The van der Waals surface area contributed by atoms with Crippen LogP contribution in [0.1, 0.15) is 44.9 Å². The zero-order chi connectivity index (χ0) is 7.03. The lowest BCUT2D eigenvalue weighted by Gasteiger charge is -2.25. The lowest BCUT2D eigenvalue weighted by atomic mass is 9.80. The second-order valence-electron chi connectivity index (χ2n) is 4.25. The zero-order valence-corrected chi connectivity index (χ0v) is 6.73. The lowest BCUT2D eigenvalue weighted by molar-refractivity contribution is 0.273. The second kappa shape index (κ2) is 2.25. The van der Waals surface area contributed by atoms with Crippen molar-refractivity contribution in [3.63, 3.8) is 0 Å². The molecule has 2 aliphatic carbocycles. The molecule has 0 saturated heterocycles. The predicted molar refractivity (Wildman–Crippen MR) is 43.6 cm³/mol. The highest BCUT2D eigenvalue weighted by Crippen LogP contribution is 2.56. The Morgan fingerprint density at radius 3 is 2.40 bits per heavy atom. The topological polar surface area (TPSA) is 0 Å². The molecule has 0 aromatic carbocycles. The van der Waals surface area contributed by atoms with Crippen LogP contribution < -0.4 is 0 Å². The van der Waals surface area contributed by atoms with Crippen molar-refractivity contribution in [3.05, 3.63) is 6.92 Å². The van der Waals surface area contributed by atoms with Gasteiger partial charge in [0.2, 0.25) is 0 Å². The first-order chi connectivity index (χ1) is 4.85. The van der Waals surface area contributed by atoms with Gasteiger partial charge in [0.1, 0.15) is 0 Å². The number of rotatable bonds is 2. The summed E-state index contributed by atoms with van der Waals surface area (Å²) in [6, 6.07) is 0. The Kier molecular flexibility index (Phi) is 1.51. The highest BCUT2D eigenvalue weighted by molar-refractivity contribution is 4.95. The summed E-state index contributed by atoms with van der Waals surface area (Å²) in [6.07, 6.45) is 10.2. The van der Waals surface area contributed by atoms with Gasteiger partial charge in [-0.25, -0.2) is 0 Å². The van der Waals surface area contributed by atoms with Crippen LogP contribution in [-0.2, 0) is 0 Å². The van der Waals surface area contributed by atoms with Crippen molar-refractivity contribution in [2.75, 3.05) is 0 Å². The van der Waals surface area contributed by atoms with Gasteiger partial charge in [0.15, 0.2) is 0 Å². The molecule has 0 aromatic rings. The molecule has 2 bridgehead atoms. The molecule has 0 amide bonds. The van der Waals surface area contributed by atoms with Crippen LogP contribution >= 0.6 is 0 Å². The van der Waals surface area contributed by atoms with Gasteiger partial charge in [0, 0.05) is 0 Å². The Morgan fingerprint density at radius 1 is 1.30 bits per heavy atom. The molecule has 2 aliphatic rings. The molecule has 0 atom stereocenters. The summed E-state index contributed by atoms with van der Waals surface area (Å²) in [7, 11) is 0. The van der Waals surface area contributed by atoms with E-state index in [1.165, 1.54) is 32.1 Å². The minimum Gasteiger partial charge on any atom is -0.0533 e. The van der Waals surface area contributed by atoms with Crippen LogP contribution in [0.3, 0.4) is 0 Å². The standard InChI is InChI=1S/C10H17/c1-2-5-10-6-3-9(8-10)4-7-10/h9H,1-8H2. The number of fused-ring (bicyclic) bond motifs is 2. The average Bonchev–Trinajstić information content (AvgIpc) is 2.46. The third-order valence-corrected chi connectivity index (χ3v) is 3.59. The molecule has 57 valence electrons. The van der Waals surface area contributed by atoms with Crippen molar-refractivity contribution in [1.29, 1.82) is 0 Å². The maximum atomic E-state index is 3.96. The van der Waals surface area contributed by atoms with Crippen LogP contribution in [-0.4, -0.2) is 0 Å². The fourth-order valence-corrected chi connectivity index (χ4v) is 3.04. The van der Waals surface area contributed by atoms with E-state index in [4.69, 9.17) is 0 Å². The zero-order valence-electron chi connectivity index (χ0n) is 6.73. The van der Waals surface area contributed by atoms with E-state index < -0.39 is 0 Å². The van der Waals surface area contributed by atoms with E-state index in [0.717, 1.165) is 17.8 Å². The van der Waals surface area contributed by atoms with Crippen molar-refractivity contribution in [1.82, 2.24) is 0 Å². The van der Waals surface area contributed by atoms with E-state index in [-0.39, 0.29) is 0 Å².